The highest BCUT2D eigenvalue weighted by molar-refractivity contribution is 7.07. The number of nitrogens with zero attached hydrogens (tertiary/aromatic N) is 6. The predicted molar refractivity (Wildman–Crippen MR) is 265 cm³/mol. The number of unbranched alkanes of at least 4 members (excludes halogenated alkanes) is 4. The number of fused-ring (bicyclic) bond motifs is 4. The minimum absolute atomic E-state index is 0.0724. The molecule has 0 unspecified atom stereocenters. The molecule has 0 saturated carbocycles. The van der Waals surface area contributed by atoms with Crippen LogP contribution in [0.2, 0.25) is 0 Å². The summed E-state index contributed by atoms with van der Waals surface area (Å²) < 4.78 is 36.6. The van der Waals surface area contributed by atoms with E-state index in [4.69, 9.17) is 19.0 Å². The Labute approximate surface area is 395 Å². The van der Waals surface area contributed by atoms with Crippen molar-refractivity contribution in [2.24, 2.45) is 0 Å². The van der Waals surface area contributed by atoms with E-state index in [1.807, 2.05) is 25.4 Å². The third kappa shape index (κ3) is 10.9. The molecule has 67 heavy (non-hydrogen) atoms. The minimum Gasteiger partial charge on any atom is -0.481 e. The summed E-state index contributed by atoms with van der Waals surface area (Å²) in [5.74, 6) is 1.07. The number of carbonyl (C=O) groups excluding carboxylic acids is 1. The van der Waals surface area contributed by atoms with Gasteiger partial charge in [0.25, 0.3) is 5.91 Å². The van der Waals surface area contributed by atoms with Crippen LogP contribution in [0.3, 0.4) is 0 Å². The van der Waals surface area contributed by atoms with Gasteiger partial charge in [-0.25, -0.2) is 14.4 Å². The van der Waals surface area contributed by atoms with Gasteiger partial charge >= 0.3 is 0 Å². The fourth-order valence-corrected chi connectivity index (χ4v) is 10.0. The molecule has 0 aliphatic carbocycles. The van der Waals surface area contributed by atoms with E-state index in [0.717, 1.165) is 147 Å². The van der Waals surface area contributed by atoms with Gasteiger partial charge in [-0.3, -0.25) is 9.69 Å². The van der Waals surface area contributed by atoms with Gasteiger partial charge in [0.2, 0.25) is 0 Å². The van der Waals surface area contributed by atoms with Crippen LogP contribution in [0.25, 0.3) is 55.2 Å². The fourth-order valence-electron chi connectivity index (χ4n) is 9.48. The summed E-state index contributed by atoms with van der Waals surface area (Å²) in [4.78, 5) is 24.6. The van der Waals surface area contributed by atoms with Crippen LogP contribution in [0, 0.1) is 19.7 Å². The van der Waals surface area contributed by atoms with E-state index in [2.05, 4.69) is 102 Å². The van der Waals surface area contributed by atoms with Crippen LogP contribution < -0.4 is 15.4 Å². The first-order chi connectivity index (χ1) is 32.8. The van der Waals surface area contributed by atoms with E-state index in [0.29, 0.717) is 19.4 Å². The Morgan fingerprint density at radius 1 is 0.821 bits per heavy atom. The Hall–Kier alpha value is -5.93. The molecule has 9 rings (SSSR count). The zero-order chi connectivity index (χ0) is 46.1. The number of benzene rings is 4. The van der Waals surface area contributed by atoms with Crippen LogP contribution >= 0.6 is 11.3 Å². The topological polar surface area (TPSA) is 125 Å². The highest BCUT2D eigenvalue weighted by Crippen LogP contribution is 2.34. The van der Waals surface area contributed by atoms with Crippen LogP contribution in [-0.4, -0.2) is 87.6 Å². The van der Waals surface area contributed by atoms with Crippen molar-refractivity contribution in [2.75, 3.05) is 52.5 Å². The number of rotatable bonds is 22. The van der Waals surface area contributed by atoms with Gasteiger partial charge in [0.1, 0.15) is 11.6 Å². The third-order valence-electron chi connectivity index (χ3n) is 13.0. The van der Waals surface area contributed by atoms with Crippen molar-refractivity contribution in [3.05, 3.63) is 118 Å². The molecule has 0 radical (unpaired) electrons. The van der Waals surface area contributed by atoms with Gasteiger partial charge in [-0.15, -0.1) is 11.3 Å². The van der Waals surface area contributed by atoms with Gasteiger partial charge in [0.05, 0.1) is 41.1 Å². The number of carbonyl (C=O) groups is 1. The molecule has 1 saturated heterocycles. The molecule has 0 bridgehead atoms. The Bertz CT molecular complexity index is 2910. The normalized spacial score (nSPS) is 13.4. The van der Waals surface area contributed by atoms with E-state index in [1.165, 1.54) is 33.4 Å². The highest BCUT2D eigenvalue weighted by Gasteiger charge is 2.19. The summed E-state index contributed by atoms with van der Waals surface area (Å²) in [6, 6.07) is 24.9. The maximum absolute atomic E-state index is 15.3. The molecule has 1 fully saturated rings. The first-order valence-electron chi connectivity index (χ1n) is 23.9. The van der Waals surface area contributed by atoms with Crippen molar-refractivity contribution >= 4 is 50.1 Å². The van der Waals surface area contributed by atoms with Crippen LogP contribution in [0.4, 0.5) is 4.39 Å². The van der Waals surface area contributed by atoms with E-state index in [1.54, 1.807) is 17.4 Å². The lowest BCUT2D eigenvalue weighted by molar-refractivity contribution is -0.123. The minimum atomic E-state index is -0.479. The summed E-state index contributed by atoms with van der Waals surface area (Å²) in [5, 5.41) is 15.4. The standard InChI is InChI=1S/C53H61FN8O4S/c1-4-61-47-16-10-39(28-43(47)42-15-13-40(31-49(42)61)46-34-67-35-57-46)32-55-20-8-6-5-7-9-21-56-52(63)33-65-50-18-11-38(29-44(50)54)12-19-51-58-45-30-41(53-36(2)59-66-37(53)3)14-17-48(45)62(51)23-22-60-24-26-64-27-25-60/h10-11,13-18,28-31,34-35,55H,4-9,12,19-27,32-33H2,1-3H3,(H,56,63). The van der Waals surface area contributed by atoms with E-state index < -0.39 is 5.82 Å². The number of halogens is 1. The van der Waals surface area contributed by atoms with Crippen molar-refractivity contribution in [1.29, 1.82) is 0 Å². The van der Waals surface area contributed by atoms with Crippen LogP contribution in [0.15, 0.2) is 88.2 Å². The number of aromatic nitrogens is 5. The van der Waals surface area contributed by atoms with Gasteiger partial charge < -0.3 is 33.8 Å². The Kier molecular flexibility index (Phi) is 15.0. The molecule has 2 N–H and O–H groups in total. The first kappa shape index (κ1) is 46.2. The predicted octanol–water partition coefficient (Wildman–Crippen LogP) is 10.1. The molecule has 14 heteroatoms. The molecule has 4 aromatic heterocycles. The molecular formula is C53H61FN8O4S. The average Bonchev–Trinajstić information content (AvgIpc) is 4.15. The summed E-state index contributed by atoms with van der Waals surface area (Å²) >= 11 is 1.62. The quantitative estimate of drug-likeness (QED) is 0.0640. The number of hydrogen-bond acceptors (Lipinski definition) is 10. The largest absolute Gasteiger partial charge is 0.481 e. The maximum Gasteiger partial charge on any atom is 0.257 e. The number of morpholine rings is 1. The van der Waals surface area contributed by atoms with E-state index in [9.17, 15) is 4.79 Å². The number of aryl methyl sites for hydroxylation is 5. The summed E-state index contributed by atoms with van der Waals surface area (Å²) in [6.07, 6.45) is 6.50. The van der Waals surface area contributed by atoms with Crippen LogP contribution in [0.5, 0.6) is 5.75 Å². The van der Waals surface area contributed by atoms with Gasteiger partial charge in [-0.05, 0) is 106 Å². The summed E-state index contributed by atoms with van der Waals surface area (Å²) in [6.45, 7) is 14.1. The number of imidazole rings is 1. The van der Waals surface area contributed by atoms with Crippen molar-refractivity contribution in [1.82, 2.24) is 39.8 Å². The molecule has 5 heterocycles. The number of nitrogens with one attached hydrogen (secondary N) is 2. The second kappa shape index (κ2) is 21.8. The van der Waals surface area contributed by atoms with Crippen LogP contribution in [0.1, 0.15) is 67.4 Å². The average molecular weight is 925 g/mol. The lowest BCUT2D eigenvalue weighted by Crippen LogP contribution is -2.38. The molecule has 4 aromatic carbocycles. The zero-order valence-electron chi connectivity index (χ0n) is 38.9. The first-order valence-corrected chi connectivity index (χ1v) is 24.8. The molecule has 8 aromatic rings. The lowest BCUT2D eigenvalue weighted by atomic mass is 10.0. The number of hydrogen-bond donors (Lipinski definition) is 2. The van der Waals surface area contributed by atoms with Crippen molar-refractivity contribution in [3.8, 4) is 28.1 Å². The van der Waals surface area contributed by atoms with Gasteiger partial charge in [-0.1, -0.05) is 54.8 Å². The Morgan fingerprint density at radius 3 is 2.42 bits per heavy atom. The van der Waals surface area contributed by atoms with E-state index in [-0.39, 0.29) is 18.3 Å². The van der Waals surface area contributed by atoms with Gasteiger partial charge in [0.15, 0.2) is 18.2 Å². The number of thiazole rings is 1. The molecule has 1 amide bonds. The number of amides is 1. The van der Waals surface area contributed by atoms with Crippen molar-refractivity contribution in [2.45, 2.75) is 85.4 Å². The molecule has 1 aliphatic rings. The maximum atomic E-state index is 15.3. The monoisotopic (exact) mass is 924 g/mol. The Balaban J connectivity index is 0.681. The highest BCUT2D eigenvalue weighted by atomic mass is 32.1. The zero-order valence-corrected chi connectivity index (χ0v) is 39.7. The van der Waals surface area contributed by atoms with Crippen LogP contribution in [-0.2, 0) is 42.0 Å². The SMILES string of the molecule is CCn1c2ccc(CNCCCCCCCNC(=O)COc3ccc(CCc4nc5cc(-c6c(C)noc6C)ccc5n4CCN4CCOCC4)cc3F)cc2c2ccc(-c3cscn3)cc21. The Morgan fingerprint density at radius 2 is 1.63 bits per heavy atom. The second-order valence-corrected chi connectivity index (χ2v) is 18.3. The van der Waals surface area contributed by atoms with Crippen molar-refractivity contribution < 1.29 is 23.2 Å². The van der Waals surface area contributed by atoms with Gasteiger partial charge in [-0.2, -0.15) is 0 Å². The smallest absolute Gasteiger partial charge is 0.257 e. The van der Waals surface area contributed by atoms with Crippen molar-refractivity contribution in [3.63, 3.8) is 0 Å². The fraction of sp³-hybridized carbons (Fsp3) is 0.396. The lowest BCUT2D eigenvalue weighted by Gasteiger charge is -2.27. The van der Waals surface area contributed by atoms with Gasteiger partial charge in [0, 0.05) is 90.5 Å². The molecule has 12 nitrogen and oxygen atoms in total. The second-order valence-electron chi connectivity index (χ2n) is 17.6. The molecular weight excluding hydrogens is 864 g/mol. The molecule has 0 spiro atoms. The third-order valence-corrected chi connectivity index (χ3v) is 13.6. The molecule has 0 atom stereocenters. The molecule has 350 valence electrons. The molecule has 1 aliphatic heterocycles. The van der Waals surface area contributed by atoms with E-state index >= 15 is 4.39 Å². The summed E-state index contributed by atoms with van der Waals surface area (Å²) in [7, 11) is 0. The summed E-state index contributed by atoms with van der Waals surface area (Å²) in [5.41, 5.74) is 13.5. The number of ether oxygens (including phenoxy) is 2.